The molecular formula is C27H24N4O3. The van der Waals surface area contributed by atoms with Crippen LogP contribution in [0.4, 0.5) is 11.6 Å². The highest BCUT2D eigenvalue weighted by Crippen LogP contribution is 2.55. The Morgan fingerprint density at radius 2 is 2.00 bits per heavy atom. The van der Waals surface area contributed by atoms with Crippen molar-refractivity contribution in [3.63, 3.8) is 0 Å². The van der Waals surface area contributed by atoms with Crippen molar-refractivity contribution >= 4 is 23.4 Å². The Balaban J connectivity index is 1.72. The number of ketones is 1. The number of carbonyl (C=O) groups excluding carboxylic acids is 1. The maximum absolute atomic E-state index is 13.0. The number of hydrogen-bond acceptors (Lipinski definition) is 6. The van der Waals surface area contributed by atoms with Crippen molar-refractivity contribution in [2.24, 2.45) is 17.8 Å². The number of fused-ring (bicyclic) bond motifs is 3. The fourth-order valence-electron chi connectivity index (χ4n) is 5.79. The zero-order valence-electron chi connectivity index (χ0n) is 18.7. The number of aromatic nitrogens is 2. The van der Waals surface area contributed by atoms with E-state index in [-0.39, 0.29) is 29.6 Å². The summed E-state index contributed by atoms with van der Waals surface area (Å²) in [5.41, 5.74) is 2.78. The molecule has 2 N–H and O–H groups in total. The van der Waals surface area contributed by atoms with Gasteiger partial charge in [-0.15, -0.1) is 0 Å². The Morgan fingerprint density at radius 3 is 2.74 bits per heavy atom. The number of nitrogens with zero attached hydrogens (tertiary/aromatic N) is 3. The van der Waals surface area contributed by atoms with Gasteiger partial charge in [0.25, 0.3) is 0 Å². The second-order valence-electron chi connectivity index (χ2n) is 9.14. The van der Waals surface area contributed by atoms with Crippen LogP contribution in [0.25, 0.3) is 0 Å². The van der Waals surface area contributed by atoms with Crippen LogP contribution in [0.2, 0.25) is 0 Å². The third-order valence-electron chi connectivity index (χ3n) is 7.38. The molecule has 2 aliphatic carbocycles. The van der Waals surface area contributed by atoms with Crippen LogP contribution in [0.3, 0.4) is 0 Å². The fraction of sp³-hybridized carbons (Fsp3) is 0.296. The minimum Gasteiger partial charge on any atom is -0.478 e. The van der Waals surface area contributed by atoms with E-state index >= 15 is 0 Å². The molecule has 1 fully saturated rings. The van der Waals surface area contributed by atoms with Crippen molar-refractivity contribution in [1.29, 1.82) is 5.26 Å². The van der Waals surface area contributed by atoms with Gasteiger partial charge < -0.3 is 10.4 Å². The number of rotatable bonds is 4. The van der Waals surface area contributed by atoms with Crippen molar-refractivity contribution in [2.75, 3.05) is 5.32 Å². The molecular weight excluding hydrogens is 428 g/mol. The average molecular weight is 453 g/mol. The molecule has 3 aromatic rings. The van der Waals surface area contributed by atoms with E-state index in [1.807, 2.05) is 49.5 Å². The van der Waals surface area contributed by atoms with Gasteiger partial charge in [-0.2, -0.15) is 5.26 Å². The Hall–Kier alpha value is -4.05. The van der Waals surface area contributed by atoms with E-state index in [1.165, 1.54) is 0 Å². The summed E-state index contributed by atoms with van der Waals surface area (Å²) in [5.74, 6) is -1.86. The van der Waals surface area contributed by atoms with Crippen LogP contribution >= 0.6 is 0 Å². The zero-order valence-corrected chi connectivity index (χ0v) is 18.7. The topological polar surface area (TPSA) is 116 Å². The number of aromatic carboxylic acids is 1. The highest BCUT2D eigenvalue weighted by atomic mass is 16.4. The first-order chi connectivity index (χ1) is 16.4. The summed E-state index contributed by atoms with van der Waals surface area (Å²) >= 11 is 0. The molecule has 0 amide bonds. The average Bonchev–Trinajstić information content (AvgIpc) is 2.86. The molecule has 1 aromatic heterocycles. The predicted molar refractivity (Wildman–Crippen MR) is 126 cm³/mol. The first kappa shape index (κ1) is 21.8. The fourth-order valence-corrected chi connectivity index (χ4v) is 5.79. The summed E-state index contributed by atoms with van der Waals surface area (Å²) < 4.78 is 0. The van der Waals surface area contributed by atoms with Crippen molar-refractivity contribution in [3.8, 4) is 6.07 Å². The minimum absolute atomic E-state index is 0.0438. The van der Waals surface area contributed by atoms with Gasteiger partial charge in [0.05, 0.1) is 17.3 Å². The van der Waals surface area contributed by atoms with Gasteiger partial charge in [-0.1, -0.05) is 37.3 Å². The number of carboxylic acids is 1. The number of nitriles is 1. The lowest BCUT2D eigenvalue weighted by molar-refractivity contribution is -0.131. The molecule has 7 heteroatoms. The van der Waals surface area contributed by atoms with Gasteiger partial charge in [0.15, 0.2) is 5.78 Å². The molecule has 0 bridgehead atoms. The second-order valence-corrected chi connectivity index (χ2v) is 9.14. The van der Waals surface area contributed by atoms with Crippen LogP contribution in [0, 0.1) is 29.1 Å². The number of anilines is 2. The van der Waals surface area contributed by atoms with Gasteiger partial charge in [0, 0.05) is 23.2 Å². The maximum Gasteiger partial charge on any atom is 0.335 e. The molecule has 34 heavy (non-hydrogen) atoms. The molecule has 0 unspecified atom stereocenters. The molecule has 1 heterocycles. The van der Waals surface area contributed by atoms with Crippen molar-refractivity contribution in [2.45, 2.75) is 31.6 Å². The monoisotopic (exact) mass is 452 g/mol. The maximum atomic E-state index is 13.0. The number of carboxylic acid groups (broad SMARTS) is 1. The quantitative estimate of drug-likeness (QED) is 0.598. The lowest BCUT2D eigenvalue weighted by Crippen LogP contribution is -2.53. The van der Waals surface area contributed by atoms with Crippen molar-refractivity contribution < 1.29 is 14.7 Å². The normalized spacial score (nSPS) is 25.5. The Morgan fingerprint density at radius 1 is 1.21 bits per heavy atom. The van der Waals surface area contributed by atoms with Crippen molar-refractivity contribution in [1.82, 2.24) is 9.97 Å². The predicted octanol–water partition coefficient (Wildman–Crippen LogP) is 4.52. The van der Waals surface area contributed by atoms with Gasteiger partial charge in [-0.05, 0) is 60.6 Å². The Labute approximate surface area is 197 Å². The van der Waals surface area contributed by atoms with Gasteiger partial charge >= 0.3 is 5.97 Å². The highest BCUT2D eigenvalue weighted by molar-refractivity contribution is 5.89. The summed E-state index contributed by atoms with van der Waals surface area (Å²) in [6.45, 7) is 1.89. The lowest BCUT2D eigenvalue weighted by Gasteiger charge is -2.51. The number of aryl methyl sites for hydroxylation is 1. The molecule has 0 spiro atoms. The standard InChI is InChI=1S/C27H24N4O3/c1-16-22-11-10-18-15-29-26(30-21-8-3-2-4-9-21)31-24(18)27(22,13-19(14-28)23(16)32)20-7-5-6-17(12-20)25(33)34/h2-9,12,15-16,19,22H,10-11,13H2,1H3,(H,33,34)(H,29,30,31)/t16-,19-,22-,27+/m0/s1. The summed E-state index contributed by atoms with van der Waals surface area (Å²) in [7, 11) is 0. The first-order valence-electron chi connectivity index (χ1n) is 11.4. The molecule has 170 valence electrons. The molecule has 7 nitrogen and oxygen atoms in total. The van der Waals surface area contributed by atoms with Gasteiger partial charge in [-0.3, -0.25) is 4.79 Å². The van der Waals surface area contributed by atoms with Crippen LogP contribution in [0.5, 0.6) is 0 Å². The molecule has 1 saturated carbocycles. The van der Waals surface area contributed by atoms with Crippen LogP contribution in [-0.2, 0) is 16.6 Å². The van der Waals surface area contributed by atoms with Gasteiger partial charge in [0.2, 0.25) is 5.95 Å². The number of hydrogen-bond donors (Lipinski definition) is 2. The van der Waals surface area contributed by atoms with Crippen LogP contribution in [-0.4, -0.2) is 26.8 Å². The van der Waals surface area contributed by atoms with E-state index in [0.29, 0.717) is 5.95 Å². The van der Waals surface area contributed by atoms with Crippen LogP contribution in [0.1, 0.15) is 46.9 Å². The van der Waals surface area contributed by atoms with Crippen molar-refractivity contribution in [3.05, 3.63) is 83.2 Å². The van der Waals surface area contributed by atoms with Crippen LogP contribution in [0.15, 0.2) is 60.8 Å². The Bertz CT molecular complexity index is 1320. The SMILES string of the molecule is C[C@@H]1C(=O)[C@H](C#N)C[C@]2(c3cccc(C(=O)O)c3)c3nc(Nc4ccccc4)ncc3CC[C@@H]12. The molecule has 0 radical (unpaired) electrons. The molecule has 5 rings (SSSR count). The minimum atomic E-state index is -1.02. The molecule has 2 aromatic carbocycles. The number of nitrogens with one attached hydrogen (secondary N) is 1. The first-order valence-corrected chi connectivity index (χ1v) is 11.4. The van der Waals surface area contributed by atoms with E-state index < -0.39 is 17.3 Å². The number of Topliss-reactive ketones (excluding diaryl/α,β-unsaturated/α-hetero) is 1. The summed E-state index contributed by atoms with van der Waals surface area (Å²) in [4.78, 5) is 34.3. The van der Waals surface area contributed by atoms with Crippen LogP contribution < -0.4 is 5.32 Å². The van der Waals surface area contributed by atoms with E-state index in [2.05, 4.69) is 16.4 Å². The highest BCUT2D eigenvalue weighted by Gasteiger charge is 2.56. The van der Waals surface area contributed by atoms with E-state index in [0.717, 1.165) is 35.3 Å². The summed E-state index contributed by atoms with van der Waals surface area (Å²) in [6.07, 6.45) is 3.55. The molecule has 0 aliphatic heterocycles. The van der Waals surface area contributed by atoms with Gasteiger partial charge in [-0.25, -0.2) is 14.8 Å². The molecule has 2 aliphatic rings. The third kappa shape index (κ3) is 3.43. The number of benzene rings is 2. The summed E-state index contributed by atoms with van der Waals surface area (Å²) in [6, 6.07) is 18.7. The lowest BCUT2D eigenvalue weighted by atomic mass is 9.51. The molecule has 0 saturated heterocycles. The smallest absolute Gasteiger partial charge is 0.335 e. The van der Waals surface area contributed by atoms with Gasteiger partial charge in [0.1, 0.15) is 5.92 Å². The number of carbonyl (C=O) groups is 2. The third-order valence-corrected chi connectivity index (χ3v) is 7.38. The van der Waals surface area contributed by atoms with E-state index in [4.69, 9.17) is 4.98 Å². The Kier molecular flexibility index (Phi) is 5.37. The van der Waals surface area contributed by atoms with E-state index in [9.17, 15) is 20.0 Å². The number of para-hydroxylation sites is 1. The molecule has 4 atom stereocenters. The summed E-state index contributed by atoms with van der Waals surface area (Å²) in [5, 5.41) is 22.8. The van der Waals surface area contributed by atoms with E-state index in [1.54, 1.807) is 18.2 Å². The largest absolute Gasteiger partial charge is 0.478 e. The second kappa shape index (κ2) is 8.38. The zero-order chi connectivity index (χ0) is 23.9.